The summed E-state index contributed by atoms with van der Waals surface area (Å²) in [4.78, 5) is 23.5. The molecule has 0 aliphatic heterocycles. The summed E-state index contributed by atoms with van der Waals surface area (Å²) in [5, 5.41) is 13.4. The number of hydrogen-bond donors (Lipinski definition) is 2. The third-order valence-electron chi connectivity index (χ3n) is 3.10. The third kappa shape index (κ3) is 3.98. The van der Waals surface area contributed by atoms with Crippen LogP contribution in [-0.4, -0.2) is 28.1 Å². The van der Waals surface area contributed by atoms with Gasteiger partial charge in [-0.2, -0.15) is 0 Å². The standard InChI is InChI=1S/C15H14N4O2S/c20-13(18-15-19-16-9-22-15)8-3-10-1-4-11(5-2-10)14(21)17-12-6-7-12/h1-5,8-9,12H,6-7H2,(H,17,21)(H,18,19,20)/b8-3+. The van der Waals surface area contributed by atoms with Gasteiger partial charge < -0.3 is 5.32 Å². The fraction of sp³-hybridized carbons (Fsp3) is 0.200. The molecule has 0 bridgehead atoms. The monoisotopic (exact) mass is 314 g/mol. The Morgan fingerprint density at radius 2 is 2.00 bits per heavy atom. The molecule has 1 aliphatic rings. The molecule has 1 aromatic heterocycles. The second-order valence-electron chi connectivity index (χ2n) is 4.94. The minimum atomic E-state index is -0.271. The van der Waals surface area contributed by atoms with E-state index in [0.29, 0.717) is 16.7 Å². The Morgan fingerprint density at radius 3 is 2.64 bits per heavy atom. The summed E-state index contributed by atoms with van der Waals surface area (Å²) in [5.74, 6) is -0.320. The van der Waals surface area contributed by atoms with Crippen molar-refractivity contribution in [1.82, 2.24) is 15.5 Å². The Morgan fingerprint density at radius 1 is 1.23 bits per heavy atom. The number of hydrogen-bond acceptors (Lipinski definition) is 5. The molecule has 2 N–H and O–H groups in total. The van der Waals surface area contributed by atoms with Crippen molar-refractivity contribution in [3.8, 4) is 0 Å². The first-order chi connectivity index (χ1) is 10.7. The van der Waals surface area contributed by atoms with Crippen LogP contribution in [0.4, 0.5) is 5.13 Å². The summed E-state index contributed by atoms with van der Waals surface area (Å²) in [6, 6.07) is 7.45. The first-order valence-corrected chi connectivity index (χ1v) is 7.75. The first-order valence-electron chi connectivity index (χ1n) is 6.87. The average molecular weight is 314 g/mol. The van der Waals surface area contributed by atoms with Crippen molar-refractivity contribution < 1.29 is 9.59 Å². The van der Waals surface area contributed by atoms with E-state index >= 15 is 0 Å². The highest BCUT2D eigenvalue weighted by Gasteiger charge is 2.23. The molecule has 1 aromatic carbocycles. The summed E-state index contributed by atoms with van der Waals surface area (Å²) >= 11 is 1.26. The molecule has 1 heterocycles. The number of aromatic nitrogens is 2. The van der Waals surface area contributed by atoms with Crippen LogP contribution in [0, 0.1) is 0 Å². The van der Waals surface area contributed by atoms with E-state index < -0.39 is 0 Å². The van der Waals surface area contributed by atoms with Gasteiger partial charge in [0.2, 0.25) is 11.0 Å². The van der Waals surface area contributed by atoms with Gasteiger partial charge in [0.25, 0.3) is 5.91 Å². The number of carbonyl (C=O) groups excluding carboxylic acids is 2. The van der Waals surface area contributed by atoms with Crippen LogP contribution in [0.3, 0.4) is 0 Å². The molecule has 2 amide bonds. The van der Waals surface area contributed by atoms with E-state index in [0.717, 1.165) is 18.4 Å². The van der Waals surface area contributed by atoms with E-state index in [9.17, 15) is 9.59 Å². The van der Waals surface area contributed by atoms with Crippen molar-refractivity contribution in [1.29, 1.82) is 0 Å². The highest BCUT2D eigenvalue weighted by atomic mass is 32.1. The molecule has 6 nitrogen and oxygen atoms in total. The van der Waals surface area contributed by atoms with Crippen molar-refractivity contribution in [2.75, 3.05) is 5.32 Å². The van der Waals surface area contributed by atoms with Gasteiger partial charge in [-0.05, 0) is 36.6 Å². The maximum atomic E-state index is 11.8. The molecule has 1 saturated carbocycles. The van der Waals surface area contributed by atoms with Gasteiger partial charge in [-0.25, -0.2) is 0 Å². The highest BCUT2D eigenvalue weighted by molar-refractivity contribution is 7.13. The highest BCUT2D eigenvalue weighted by Crippen LogP contribution is 2.19. The predicted molar refractivity (Wildman–Crippen MR) is 84.5 cm³/mol. The second kappa shape index (κ2) is 6.48. The lowest BCUT2D eigenvalue weighted by Gasteiger charge is -2.03. The summed E-state index contributed by atoms with van der Waals surface area (Å²) in [5.41, 5.74) is 3.02. The van der Waals surface area contributed by atoms with Gasteiger partial charge in [-0.15, -0.1) is 10.2 Å². The lowest BCUT2D eigenvalue weighted by molar-refractivity contribution is -0.111. The quantitative estimate of drug-likeness (QED) is 0.828. The van der Waals surface area contributed by atoms with Crippen LogP contribution in [-0.2, 0) is 4.79 Å². The van der Waals surface area contributed by atoms with E-state index in [1.165, 1.54) is 17.4 Å². The summed E-state index contributed by atoms with van der Waals surface area (Å²) in [6.45, 7) is 0. The fourth-order valence-corrected chi connectivity index (χ4v) is 2.24. The van der Waals surface area contributed by atoms with E-state index in [1.54, 1.807) is 35.9 Å². The Hall–Kier alpha value is -2.54. The molecule has 3 rings (SSSR count). The molecule has 2 aromatic rings. The first kappa shape index (κ1) is 14.4. The van der Waals surface area contributed by atoms with Gasteiger partial charge in [0.05, 0.1) is 0 Å². The van der Waals surface area contributed by atoms with Crippen LogP contribution in [0.15, 0.2) is 35.9 Å². The van der Waals surface area contributed by atoms with Gasteiger partial charge in [0, 0.05) is 17.7 Å². The van der Waals surface area contributed by atoms with E-state index in [1.807, 2.05) is 0 Å². The molecule has 0 unspecified atom stereocenters. The van der Waals surface area contributed by atoms with Crippen molar-refractivity contribution in [2.45, 2.75) is 18.9 Å². The van der Waals surface area contributed by atoms with Crippen LogP contribution in [0.2, 0.25) is 0 Å². The second-order valence-corrected chi connectivity index (χ2v) is 5.77. The van der Waals surface area contributed by atoms with Gasteiger partial charge in [-0.3, -0.25) is 14.9 Å². The Labute approximate surface area is 131 Å². The van der Waals surface area contributed by atoms with Crippen LogP contribution in [0.1, 0.15) is 28.8 Å². The Bertz CT molecular complexity index is 691. The van der Waals surface area contributed by atoms with Gasteiger partial charge >= 0.3 is 0 Å². The van der Waals surface area contributed by atoms with Crippen molar-refractivity contribution in [3.05, 3.63) is 47.0 Å². The molecule has 0 saturated heterocycles. The maximum Gasteiger partial charge on any atom is 0.251 e. The van der Waals surface area contributed by atoms with E-state index in [2.05, 4.69) is 20.8 Å². The van der Waals surface area contributed by atoms with Gasteiger partial charge in [0.1, 0.15) is 5.51 Å². The van der Waals surface area contributed by atoms with Crippen LogP contribution < -0.4 is 10.6 Å². The summed E-state index contributed by atoms with van der Waals surface area (Å²) in [7, 11) is 0. The third-order valence-corrected chi connectivity index (χ3v) is 3.71. The number of nitrogens with zero attached hydrogens (tertiary/aromatic N) is 2. The van der Waals surface area contributed by atoms with Gasteiger partial charge in [-0.1, -0.05) is 23.5 Å². The molecule has 22 heavy (non-hydrogen) atoms. The number of benzene rings is 1. The largest absolute Gasteiger partial charge is 0.349 e. The van der Waals surface area contributed by atoms with Crippen LogP contribution in [0.5, 0.6) is 0 Å². The molecular formula is C15H14N4O2S. The maximum absolute atomic E-state index is 11.8. The zero-order valence-electron chi connectivity index (χ0n) is 11.7. The van der Waals surface area contributed by atoms with Crippen LogP contribution in [0.25, 0.3) is 6.08 Å². The predicted octanol–water partition coefficient (Wildman–Crippen LogP) is 2.08. The number of nitrogens with one attached hydrogen (secondary N) is 2. The lowest BCUT2D eigenvalue weighted by Crippen LogP contribution is -2.25. The zero-order chi connectivity index (χ0) is 15.4. The van der Waals surface area contributed by atoms with E-state index in [-0.39, 0.29) is 11.8 Å². The zero-order valence-corrected chi connectivity index (χ0v) is 12.5. The number of rotatable bonds is 5. The molecule has 0 spiro atoms. The Kier molecular flexibility index (Phi) is 4.24. The van der Waals surface area contributed by atoms with Gasteiger partial charge in [0.15, 0.2) is 0 Å². The topological polar surface area (TPSA) is 84.0 Å². The minimum Gasteiger partial charge on any atom is -0.349 e. The van der Waals surface area contributed by atoms with E-state index in [4.69, 9.17) is 0 Å². The molecule has 112 valence electrons. The lowest BCUT2D eigenvalue weighted by atomic mass is 10.1. The van der Waals surface area contributed by atoms with Crippen LogP contribution >= 0.6 is 11.3 Å². The molecule has 7 heteroatoms. The fourth-order valence-electron chi connectivity index (χ4n) is 1.79. The number of carbonyl (C=O) groups is 2. The normalized spacial score (nSPS) is 14.0. The minimum absolute atomic E-state index is 0.0490. The smallest absolute Gasteiger partial charge is 0.251 e. The number of anilines is 1. The Balaban J connectivity index is 1.56. The van der Waals surface area contributed by atoms with Crippen molar-refractivity contribution in [2.24, 2.45) is 0 Å². The molecule has 1 aliphatic carbocycles. The average Bonchev–Trinajstić information content (AvgIpc) is 3.19. The van der Waals surface area contributed by atoms with Crippen molar-refractivity contribution >= 4 is 34.4 Å². The van der Waals surface area contributed by atoms with Crippen molar-refractivity contribution in [3.63, 3.8) is 0 Å². The SMILES string of the molecule is O=C(/C=C/c1ccc(C(=O)NC2CC2)cc1)Nc1nncs1. The summed E-state index contributed by atoms with van der Waals surface area (Å²) in [6.07, 6.45) is 5.23. The number of amides is 2. The molecule has 1 fully saturated rings. The molecule has 0 radical (unpaired) electrons. The molecular weight excluding hydrogens is 300 g/mol. The molecule has 0 atom stereocenters. The summed E-state index contributed by atoms with van der Waals surface area (Å²) < 4.78 is 0.